The number of hydrogen-bond donors (Lipinski definition) is 1. The minimum Gasteiger partial charge on any atom is -0.347 e. The molecule has 1 saturated heterocycles. The third kappa shape index (κ3) is 3.37. The van der Waals surface area contributed by atoms with Gasteiger partial charge in [-0.2, -0.15) is 0 Å². The lowest BCUT2D eigenvalue weighted by Gasteiger charge is -2.17. The van der Waals surface area contributed by atoms with Gasteiger partial charge in [0.1, 0.15) is 0 Å². The van der Waals surface area contributed by atoms with Gasteiger partial charge in [0, 0.05) is 29.2 Å². The lowest BCUT2D eigenvalue weighted by atomic mass is 10.1. The molecule has 1 N–H and O–H groups in total. The summed E-state index contributed by atoms with van der Waals surface area (Å²) < 4.78 is 0. The van der Waals surface area contributed by atoms with Gasteiger partial charge in [0.2, 0.25) is 5.91 Å². The van der Waals surface area contributed by atoms with Crippen LogP contribution >= 0.6 is 11.6 Å². The van der Waals surface area contributed by atoms with Crippen LogP contribution in [0.2, 0.25) is 5.02 Å². The van der Waals surface area contributed by atoms with E-state index in [2.05, 4.69) is 5.32 Å². The van der Waals surface area contributed by atoms with Gasteiger partial charge in [-0.15, -0.1) is 0 Å². The van der Waals surface area contributed by atoms with Crippen molar-refractivity contribution in [3.8, 4) is 0 Å². The van der Waals surface area contributed by atoms with Crippen molar-refractivity contribution in [2.75, 3.05) is 11.4 Å². The molecule has 1 aliphatic rings. The molecule has 2 amide bonds. The van der Waals surface area contributed by atoms with Crippen molar-refractivity contribution in [2.45, 2.75) is 19.4 Å². The molecule has 23 heavy (non-hydrogen) atoms. The molecule has 1 fully saturated rings. The summed E-state index contributed by atoms with van der Waals surface area (Å²) in [6.07, 6.45) is 0.306. The van der Waals surface area contributed by atoms with Gasteiger partial charge in [0.25, 0.3) is 5.91 Å². The number of amides is 2. The van der Waals surface area contributed by atoms with Gasteiger partial charge < -0.3 is 10.2 Å². The molecule has 3 rings (SSSR count). The van der Waals surface area contributed by atoms with Crippen LogP contribution in [0, 0.1) is 6.92 Å². The number of benzene rings is 2. The Balaban J connectivity index is 1.69. The van der Waals surface area contributed by atoms with Crippen LogP contribution in [0.5, 0.6) is 0 Å². The molecule has 5 heteroatoms. The van der Waals surface area contributed by atoms with Gasteiger partial charge in [-0.05, 0) is 42.8 Å². The third-order valence-corrected chi connectivity index (χ3v) is 4.24. The van der Waals surface area contributed by atoms with E-state index in [4.69, 9.17) is 11.6 Å². The van der Waals surface area contributed by atoms with Crippen LogP contribution in [0.3, 0.4) is 0 Å². The van der Waals surface area contributed by atoms with E-state index < -0.39 is 0 Å². The van der Waals surface area contributed by atoms with Gasteiger partial charge in [0.15, 0.2) is 0 Å². The van der Waals surface area contributed by atoms with Crippen LogP contribution in [0.15, 0.2) is 48.5 Å². The quantitative estimate of drug-likeness (QED) is 0.940. The predicted octanol–water partition coefficient (Wildman–Crippen LogP) is 3.18. The molecule has 0 aliphatic carbocycles. The standard InChI is InChI=1S/C18H17ClN2O2/c1-12-4-2-3-5-16(12)18(23)20-14-10-17(22)21(11-14)15-8-6-13(19)7-9-15/h2-9,14H,10-11H2,1H3,(H,20,23)/t14-/m1/s1. The Hall–Kier alpha value is -2.33. The van der Waals surface area contributed by atoms with Crippen molar-refractivity contribution < 1.29 is 9.59 Å². The monoisotopic (exact) mass is 328 g/mol. The minimum absolute atomic E-state index is 0.00223. The van der Waals surface area contributed by atoms with E-state index in [-0.39, 0.29) is 17.9 Å². The highest BCUT2D eigenvalue weighted by Crippen LogP contribution is 2.23. The third-order valence-electron chi connectivity index (χ3n) is 3.99. The van der Waals surface area contributed by atoms with Gasteiger partial charge in [-0.3, -0.25) is 9.59 Å². The molecule has 4 nitrogen and oxygen atoms in total. The maximum Gasteiger partial charge on any atom is 0.251 e. The van der Waals surface area contributed by atoms with Gasteiger partial charge in [-0.25, -0.2) is 0 Å². The van der Waals surface area contributed by atoms with Crippen molar-refractivity contribution in [3.63, 3.8) is 0 Å². The number of carbonyl (C=O) groups excluding carboxylic acids is 2. The van der Waals surface area contributed by atoms with Crippen LogP contribution in [0.1, 0.15) is 22.3 Å². The SMILES string of the molecule is Cc1ccccc1C(=O)N[C@@H]1CC(=O)N(c2ccc(Cl)cc2)C1. The Kier molecular flexibility index (Phi) is 4.35. The fourth-order valence-electron chi connectivity index (χ4n) is 2.77. The van der Waals surface area contributed by atoms with E-state index >= 15 is 0 Å². The number of carbonyl (C=O) groups is 2. The summed E-state index contributed by atoms with van der Waals surface area (Å²) in [5.74, 6) is -0.138. The highest BCUT2D eigenvalue weighted by molar-refractivity contribution is 6.30. The van der Waals surface area contributed by atoms with Crippen molar-refractivity contribution in [3.05, 3.63) is 64.7 Å². The fourth-order valence-corrected chi connectivity index (χ4v) is 2.89. The topological polar surface area (TPSA) is 49.4 Å². The average molecular weight is 329 g/mol. The van der Waals surface area contributed by atoms with Crippen LogP contribution in [-0.4, -0.2) is 24.4 Å². The summed E-state index contributed by atoms with van der Waals surface area (Å²) in [7, 11) is 0. The first kappa shape index (κ1) is 15.6. The molecule has 2 aromatic carbocycles. The normalized spacial score (nSPS) is 17.4. The Morgan fingerprint density at radius 3 is 2.57 bits per heavy atom. The van der Waals surface area contributed by atoms with Crippen molar-refractivity contribution in [1.29, 1.82) is 0 Å². The molecule has 0 radical (unpaired) electrons. The van der Waals surface area contributed by atoms with Gasteiger partial charge in [0.05, 0.1) is 6.04 Å². The molecule has 0 saturated carbocycles. The molecule has 2 aromatic rings. The molecule has 1 heterocycles. The van der Waals surface area contributed by atoms with E-state index in [1.54, 1.807) is 23.1 Å². The smallest absolute Gasteiger partial charge is 0.251 e. The zero-order chi connectivity index (χ0) is 16.4. The number of anilines is 1. The molecule has 0 unspecified atom stereocenters. The van der Waals surface area contributed by atoms with Gasteiger partial charge in [-0.1, -0.05) is 29.8 Å². The summed E-state index contributed by atoms with van der Waals surface area (Å²) in [4.78, 5) is 26.2. The van der Waals surface area contributed by atoms with Crippen molar-refractivity contribution >= 4 is 29.1 Å². The summed E-state index contributed by atoms with van der Waals surface area (Å²) in [6, 6.07) is 14.4. The summed E-state index contributed by atoms with van der Waals surface area (Å²) in [6.45, 7) is 2.37. The van der Waals surface area contributed by atoms with Crippen LogP contribution in [-0.2, 0) is 4.79 Å². The largest absolute Gasteiger partial charge is 0.347 e. The van der Waals surface area contributed by atoms with Crippen LogP contribution in [0.4, 0.5) is 5.69 Å². The molecule has 118 valence electrons. The zero-order valence-corrected chi connectivity index (χ0v) is 13.5. The van der Waals surface area contributed by atoms with Crippen LogP contribution in [0.25, 0.3) is 0 Å². The number of rotatable bonds is 3. The molecule has 1 aliphatic heterocycles. The predicted molar refractivity (Wildman–Crippen MR) is 90.9 cm³/mol. The second-order valence-electron chi connectivity index (χ2n) is 5.67. The Morgan fingerprint density at radius 2 is 1.87 bits per heavy atom. The first-order valence-corrected chi connectivity index (χ1v) is 7.85. The average Bonchev–Trinajstić information content (AvgIpc) is 2.89. The first-order valence-electron chi connectivity index (χ1n) is 7.47. The Labute approximate surface area is 140 Å². The second kappa shape index (κ2) is 6.42. The fraction of sp³-hybridized carbons (Fsp3) is 0.222. The van der Waals surface area contributed by atoms with Crippen LogP contribution < -0.4 is 10.2 Å². The number of hydrogen-bond acceptors (Lipinski definition) is 2. The van der Waals surface area contributed by atoms with Crippen molar-refractivity contribution in [2.24, 2.45) is 0 Å². The summed E-state index contributed by atoms with van der Waals surface area (Å²) >= 11 is 5.87. The summed E-state index contributed by atoms with van der Waals surface area (Å²) in [5.41, 5.74) is 2.36. The van der Waals surface area contributed by atoms with Gasteiger partial charge >= 0.3 is 0 Å². The number of aryl methyl sites for hydroxylation is 1. The molecular formula is C18H17ClN2O2. The second-order valence-corrected chi connectivity index (χ2v) is 6.11. The maximum absolute atomic E-state index is 12.4. The first-order chi connectivity index (χ1) is 11.0. The molecule has 0 aromatic heterocycles. The van der Waals surface area contributed by atoms with E-state index in [1.807, 2.05) is 37.3 Å². The van der Waals surface area contributed by atoms with Crippen molar-refractivity contribution in [1.82, 2.24) is 5.32 Å². The maximum atomic E-state index is 12.4. The number of halogens is 1. The molecule has 0 spiro atoms. The molecule has 1 atom stereocenters. The highest BCUT2D eigenvalue weighted by atomic mass is 35.5. The molecular weight excluding hydrogens is 312 g/mol. The zero-order valence-electron chi connectivity index (χ0n) is 12.8. The number of nitrogens with one attached hydrogen (secondary N) is 1. The van der Waals surface area contributed by atoms with E-state index in [9.17, 15) is 9.59 Å². The molecule has 0 bridgehead atoms. The lowest BCUT2D eigenvalue weighted by Crippen LogP contribution is -2.37. The Morgan fingerprint density at radius 1 is 1.17 bits per heavy atom. The number of nitrogens with zero attached hydrogens (tertiary/aromatic N) is 1. The van der Waals surface area contributed by atoms with E-state index in [1.165, 1.54) is 0 Å². The Bertz CT molecular complexity index is 743. The highest BCUT2D eigenvalue weighted by Gasteiger charge is 2.31. The van der Waals surface area contributed by atoms with E-state index in [0.29, 0.717) is 23.6 Å². The van der Waals surface area contributed by atoms with E-state index in [0.717, 1.165) is 11.3 Å². The minimum atomic E-state index is -0.190. The lowest BCUT2D eigenvalue weighted by molar-refractivity contribution is -0.117. The summed E-state index contributed by atoms with van der Waals surface area (Å²) in [5, 5.41) is 3.58.